The lowest BCUT2D eigenvalue weighted by Crippen LogP contribution is -2.33. The van der Waals surface area contributed by atoms with Crippen LogP contribution in [0, 0.1) is 23.1 Å². The maximum absolute atomic E-state index is 14.9. The lowest BCUT2D eigenvalue weighted by Gasteiger charge is -2.30. The van der Waals surface area contributed by atoms with Crippen LogP contribution < -0.4 is 5.32 Å². The van der Waals surface area contributed by atoms with Crippen LogP contribution in [0.4, 0.5) is 23.2 Å². The number of amides is 1. The molecule has 3 aromatic rings. The number of nitrogens with zero attached hydrogens (tertiary/aromatic N) is 4. The first kappa shape index (κ1) is 24.4. The summed E-state index contributed by atoms with van der Waals surface area (Å²) in [6.07, 6.45) is -4.13. The van der Waals surface area contributed by atoms with Gasteiger partial charge in [0, 0.05) is 25.7 Å². The van der Waals surface area contributed by atoms with Crippen LogP contribution in [0.2, 0.25) is 0 Å². The van der Waals surface area contributed by atoms with Gasteiger partial charge in [0.15, 0.2) is 5.69 Å². The minimum atomic E-state index is -4.80. The molecule has 0 saturated heterocycles. The van der Waals surface area contributed by atoms with Crippen molar-refractivity contribution in [1.82, 2.24) is 14.7 Å². The fraction of sp³-hybridized carbons (Fsp3) is 0.320. The highest BCUT2D eigenvalue weighted by molar-refractivity contribution is 6.03. The molecule has 4 rings (SSSR count). The number of hydrogen-bond donors (Lipinski definition) is 1. The molecule has 0 saturated carbocycles. The number of hydrogen-bond acceptors (Lipinski definition) is 4. The average molecular weight is 485 g/mol. The molecule has 0 unspecified atom stereocenters. The van der Waals surface area contributed by atoms with Crippen molar-refractivity contribution in [3.8, 4) is 11.8 Å². The molecule has 10 heteroatoms. The Balaban J connectivity index is 1.65. The van der Waals surface area contributed by atoms with E-state index in [1.165, 1.54) is 36.4 Å². The average Bonchev–Trinajstić information content (AvgIpc) is 3.26. The van der Waals surface area contributed by atoms with Crippen LogP contribution in [-0.4, -0.2) is 33.7 Å². The van der Waals surface area contributed by atoms with E-state index in [0.717, 1.165) is 28.9 Å². The topological polar surface area (TPSA) is 74.0 Å². The summed E-state index contributed by atoms with van der Waals surface area (Å²) in [4.78, 5) is 15.3. The van der Waals surface area contributed by atoms with Gasteiger partial charge in [-0.15, -0.1) is 0 Å². The molecule has 1 aromatic heterocycles. The lowest BCUT2D eigenvalue weighted by molar-refractivity contribution is -0.141. The van der Waals surface area contributed by atoms with Gasteiger partial charge in [0.05, 0.1) is 23.0 Å². The predicted octanol–water partition coefficient (Wildman–Crippen LogP) is 5.17. The smallest absolute Gasteiger partial charge is 0.318 e. The molecule has 1 aliphatic heterocycles. The second-order valence-electron chi connectivity index (χ2n) is 8.92. The molecule has 0 spiro atoms. The molecule has 0 aliphatic carbocycles. The summed E-state index contributed by atoms with van der Waals surface area (Å²) in [6.45, 7) is 6.50. The highest BCUT2D eigenvalue weighted by atomic mass is 19.4. The first-order chi connectivity index (χ1) is 16.5. The SMILES string of the molecule is CC(C)CN1CCc2cc(NC(=O)c3cc(C(F)(F)F)nn3-c3cccc(C#N)c3)c(F)cc2C1. The van der Waals surface area contributed by atoms with Crippen molar-refractivity contribution in [3.05, 3.63) is 76.4 Å². The van der Waals surface area contributed by atoms with Crippen LogP contribution in [-0.2, 0) is 19.1 Å². The number of carbonyl (C=O) groups is 1. The summed E-state index contributed by atoms with van der Waals surface area (Å²) >= 11 is 0. The summed E-state index contributed by atoms with van der Waals surface area (Å²) in [5, 5.41) is 15.1. The number of nitriles is 1. The summed E-state index contributed by atoms with van der Waals surface area (Å²) in [7, 11) is 0. The van der Waals surface area contributed by atoms with Gasteiger partial charge in [-0.2, -0.15) is 23.5 Å². The number of halogens is 4. The highest BCUT2D eigenvalue weighted by Gasteiger charge is 2.36. The van der Waals surface area contributed by atoms with Gasteiger partial charge in [-0.05, 0) is 53.8 Å². The molecule has 35 heavy (non-hydrogen) atoms. The third-order valence-corrected chi connectivity index (χ3v) is 5.70. The van der Waals surface area contributed by atoms with Crippen molar-refractivity contribution in [3.63, 3.8) is 0 Å². The summed E-state index contributed by atoms with van der Waals surface area (Å²) in [6, 6.07) is 11.1. The second kappa shape index (κ2) is 9.50. The van der Waals surface area contributed by atoms with E-state index in [2.05, 4.69) is 29.2 Å². The third kappa shape index (κ3) is 5.35. The number of benzene rings is 2. The normalized spacial score (nSPS) is 14.0. The van der Waals surface area contributed by atoms with Crippen LogP contribution in [0.15, 0.2) is 42.5 Å². The Morgan fingerprint density at radius 2 is 1.97 bits per heavy atom. The van der Waals surface area contributed by atoms with E-state index in [4.69, 9.17) is 5.26 Å². The Hall–Kier alpha value is -3.71. The fourth-order valence-corrected chi connectivity index (χ4v) is 4.18. The minimum Gasteiger partial charge on any atom is -0.318 e. The van der Waals surface area contributed by atoms with Crippen LogP contribution >= 0.6 is 0 Å². The van der Waals surface area contributed by atoms with Gasteiger partial charge >= 0.3 is 6.18 Å². The van der Waals surface area contributed by atoms with Crippen molar-refractivity contribution in [1.29, 1.82) is 5.26 Å². The van der Waals surface area contributed by atoms with Gasteiger partial charge in [0.1, 0.15) is 11.5 Å². The lowest BCUT2D eigenvalue weighted by atomic mass is 9.98. The van der Waals surface area contributed by atoms with Crippen molar-refractivity contribution in [2.45, 2.75) is 33.0 Å². The standard InChI is InChI=1S/C25H23F4N5O/c1-15(2)13-33-7-6-17-10-21(20(26)9-18(17)14-33)31-24(35)22-11-23(25(27,28)29)32-34(22)19-5-3-4-16(8-19)12-30/h3-5,8-11,15H,6-7,13-14H2,1-2H3,(H,31,35). The molecular formula is C25H23F4N5O. The Kier molecular flexibility index (Phi) is 6.63. The molecule has 0 atom stereocenters. The molecule has 1 N–H and O–H groups in total. The first-order valence-corrected chi connectivity index (χ1v) is 11.1. The van der Waals surface area contributed by atoms with E-state index in [1.807, 2.05) is 6.07 Å². The zero-order valence-electron chi connectivity index (χ0n) is 19.2. The quantitative estimate of drug-likeness (QED) is 0.506. The van der Waals surface area contributed by atoms with Crippen LogP contribution in [0.3, 0.4) is 0 Å². The van der Waals surface area contributed by atoms with E-state index in [0.29, 0.717) is 24.9 Å². The van der Waals surface area contributed by atoms with Crippen molar-refractivity contribution < 1.29 is 22.4 Å². The largest absolute Gasteiger partial charge is 0.435 e. The number of alkyl halides is 3. The molecule has 1 aliphatic rings. The monoisotopic (exact) mass is 485 g/mol. The summed E-state index contributed by atoms with van der Waals surface area (Å²) < 4.78 is 55.8. The number of fused-ring (bicyclic) bond motifs is 1. The second-order valence-corrected chi connectivity index (χ2v) is 8.92. The van der Waals surface area contributed by atoms with Crippen molar-refractivity contribution in [2.75, 3.05) is 18.4 Å². The fourth-order valence-electron chi connectivity index (χ4n) is 4.18. The number of anilines is 1. The molecule has 0 fully saturated rings. The highest BCUT2D eigenvalue weighted by Crippen LogP contribution is 2.31. The van der Waals surface area contributed by atoms with E-state index >= 15 is 0 Å². The zero-order chi connectivity index (χ0) is 25.3. The third-order valence-electron chi connectivity index (χ3n) is 5.70. The predicted molar refractivity (Wildman–Crippen MR) is 121 cm³/mol. The van der Waals surface area contributed by atoms with E-state index in [9.17, 15) is 22.4 Å². The molecule has 2 aromatic carbocycles. The molecule has 1 amide bonds. The maximum Gasteiger partial charge on any atom is 0.435 e. The molecule has 0 bridgehead atoms. The van der Waals surface area contributed by atoms with E-state index in [-0.39, 0.29) is 16.9 Å². The van der Waals surface area contributed by atoms with Crippen LogP contribution in [0.1, 0.15) is 46.7 Å². The minimum absolute atomic E-state index is 0.0980. The van der Waals surface area contributed by atoms with Gasteiger partial charge in [0.25, 0.3) is 5.91 Å². The molecule has 6 nitrogen and oxygen atoms in total. The Labute approximate surface area is 199 Å². The van der Waals surface area contributed by atoms with Gasteiger partial charge in [-0.25, -0.2) is 9.07 Å². The van der Waals surface area contributed by atoms with Crippen molar-refractivity contribution in [2.24, 2.45) is 5.92 Å². The molecule has 2 heterocycles. The van der Waals surface area contributed by atoms with Gasteiger partial charge in [-0.3, -0.25) is 9.69 Å². The Bertz CT molecular complexity index is 1310. The van der Waals surface area contributed by atoms with E-state index in [1.54, 1.807) is 0 Å². The summed E-state index contributed by atoms with van der Waals surface area (Å²) in [5.41, 5.74) is 0.163. The first-order valence-electron chi connectivity index (χ1n) is 11.1. The van der Waals surface area contributed by atoms with E-state index < -0.39 is 29.3 Å². The zero-order valence-corrected chi connectivity index (χ0v) is 19.2. The van der Waals surface area contributed by atoms with Crippen LogP contribution in [0.25, 0.3) is 5.69 Å². The summed E-state index contributed by atoms with van der Waals surface area (Å²) in [5.74, 6) is -1.15. The number of carbonyl (C=O) groups excluding carboxylic acids is 1. The number of rotatable bonds is 5. The molecule has 182 valence electrons. The van der Waals surface area contributed by atoms with Gasteiger partial charge in [-0.1, -0.05) is 19.9 Å². The Morgan fingerprint density at radius 3 is 2.66 bits per heavy atom. The molecular weight excluding hydrogens is 462 g/mol. The van der Waals surface area contributed by atoms with Gasteiger partial charge in [0.2, 0.25) is 0 Å². The van der Waals surface area contributed by atoms with Crippen molar-refractivity contribution >= 4 is 11.6 Å². The number of aromatic nitrogens is 2. The molecule has 0 radical (unpaired) electrons. The maximum atomic E-state index is 14.9. The van der Waals surface area contributed by atoms with Crippen LogP contribution in [0.5, 0.6) is 0 Å². The Morgan fingerprint density at radius 1 is 1.20 bits per heavy atom. The number of nitrogens with one attached hydrogen (secondary N) is 1. The van der Waals surface area contributed by atoms with Gasteiger partial charge < -0.3 is 5.32 Å².